The number of nitrogens with one attached hydrogen (secondary N) is 1. The van der Waals surface area contributed by atoms with Gasteiger partial charge in [-0.25, -0.2) is 4.39 Å². The lowest BCUT2D eigenvalue weighted by atomic mass is 10.0. The average molecular weight is 342 g/mol. The molecule has 2 amide bonds. The van der Waals surface area contributed by atoms with Crippen molar-refractivity contribution in [3.63, 3.8) is 0 Å². The molecule has 0 fully saturated rings. The highest BCUT2D eigenvalue weighted by Crippen LogP contribution is 2.20. The molecule has 25 heavy (non-hydrogen) atoms. The second-order valence-electron chi connectivity index (χ2n) is 6.18. The zero-order valence-corrected chi connectivity index (χ0v) is 14.8. The minimum Gasteiger partial charge on any atom is -0.350 e. The van der Waals surface area contributed by atoms with Gasteiger partial charge in [0.2, 0.25) is 5.91 Å². The van der Waals surface area contributed by atoms with Crippen LogP contribution in [0.15, 0.2) is 48.5 Å². The summed E-state index contributed by atoms with van der Waals surface area (Å²) in [7, 11) is 0. The Labute approximate surface area is 147 Å². The van der Waals surface area contributed by atoms with Crippen molar-refractivity contribution in [2.24, 2.45) is 0 Å². The fourth-order valence-electron chi connectivity index (χ4n) is 2.49. The third kappa shape index (κ3) is 5.14. The van der Waals surface area contributed by atoms with Gasteiger partial charge in [0, 0.05) is 31.3 Å². The van der Waals surface area contributed by atoms with Crippen LogP contribution in [0.1, 0.15) is 42.6 Å². The molecule has 0 aliphatic rings. The number of carbonyl (C=O) groups is 2. The van der Waals surface area contributed by atoms with E-state index in [9.17, 15) is 14.0 Å². The molecule has 0 saturated carbocycles. The third-order valence-corrected chi connectivity index (χ3v) is 3.98. The number of halogens is 1. The van der Waals surface area contributed by atoms with Gasteiger partial charge in [0.15, 0.2) is 0 Å². The van der Waals surface area contributed by atoms with Gasteiger partial charge in [-0.1, -0.05) is 26.0 Å². The molecule has 0 spiro atoms. The standard InChI is InChI=1S/C20H23FN2O2/c1-14(2)16-6-10-19(11-7-16)23(15(3)24)13-12-22-20(25)17-4-8-18(21)9-5-17/h4-11,14H,12-13H2,1-3H3,(H,22,25). The van der Waals surface area contributed by atoms with Gasteiger partial charge in [-0.15, -0.1) is 0 Å². The van der Waals surface area contributed by atoms with Crippen LogP contribution >= 0.6 is 0 Å². The Kier molecular flexibility index (Phi) is 6.28. The Hall–Kier alpha value is -2.69. The van der Waals surface area contributed by atoms with Gasteiger partial charge >= 0.3 is 0 Å². The van der Waals surface area contributed by atoms with Gasteiger partial charge < -0.3 is 10.2 Å². The van der Waals surface area contributed by atoms with E-state index in [4.69, 9.17) is 0 Å². The predicted molar refractivity (Wildman–Crippen MR) is 97.3 cm³/mol. The van der Waals surface area contributed by atoms with E-state index in [2.05, 4.69) is 19.2 Å². The Morgan fingerprint density at radius 3 is 2.16 bits per heavy atom. The first-order chi connectivity index (χ1) is 11.9. The quantitative estimate of drug-likeness (QED) is 0.869. The molecule has 0 saturated heterocycles. The number of benzene rings is 2. The molecule has 4 nitrogen and oxygen atoms in total. The van der Waals surface area contributed by atoms with Gasteiger partial charge in [0.05, 0.1) is 0 Å². The van der Waals surface area contributed by atoms with Crippen LogP contribution in [0, 0.1) is 5.82 Å². The number of hydrogen-bond acceptors (Lipinski definition) is 2. The van der Waals surface area contributed by atoms with E-state index >= 15 is 0 Å². The van der Waals surface area contributed by atoms with E-state index in [0.717, 1.165) is 5.69 Å². The molecule has 132 valence electrons. The Bertz CT molecular complexity index is 724. The number of rotatable bonds is 6. The van der Waals surface area contributed by atoms with E-state index in [-0.39, 0.29) is 17.6 Å². The smallest absolute Gasteiger partial charge is 0.251 e. The summed E-state index contributed by atoms with van der Waals surface area (Å²) in [6.07, 6.45) is 0. The molecule has 0 aromatic heterocycles. The molecule has 2 aromatic rings. The minimum atomic E-state index is -0.385. The van der Waals surface area contributed by atoms with Gasteiger partial charge in [-0.3, -0.25) is 9.59 Å². The van der Waals surface area contributed by atoms with Crippen molar-refractivity contribution in [3.8, 4) is 0 Å². The Morgan fingerprint density at radius 1 is 1.04 bits per heavy atom. The van der Waals surface area contributed by atoms with E-state index in [1.54, 1.807) is 4.90 Å². The van der Waals surface area contributed by atoms with E-state index < -0.39 is 0 Å². The van der Waals surface area contributed by atoms with Crippen molar-refractivity contribution in [2.75, 3.05) is 18.0 Å². The predicted octanol–water partition coefficient (Wildman–Crippen LogP) is 3.73. The Morgan fingerprint density at radius 2 is 1.64 bits per heavy atom. The molecule has 0 aliphatic heterocycles. The molecular weight excluding hydrogens is 319 g/mol. The van der Waals surface area contributed by atoms with Crippen molar-refractivity contribution in [1.82, 2.24) is 5.32 Å². The fourth-order valence-corrected chi connectivity index (χ4v) is 2.49. The summed E-state index contributed by atoms with van der Waals surface area (Å²) in [6.45, 7) is 6.40. The molecule has 1 N–H and O–H groups in total. The molecule has 2 aromatic carbocycles. The van der Waals surface area contributed by atoms with Gasteiger partial charge in [0.25, 0.3) is 5.91 Å². The molecule has 0 heterocycles. The Balaban J connectivity index is 1.96. The van der Waals surface area contributed by atoms with Crippen LogP contribution < -0.4 is 10.2 Å². The molecule has 0 atom stereocenters. The van der Waals surface area contributed by atoms with Gasteiger partial charge in [-0.2, -0.15) is 0 Å². The normalized spacial score (nSPS) is 10.6. The first-order valence-electron chi connectivity index (χ1n) is 8.30. The second kappa shape index (κ2) is 8.42. The first-order valence-corrected chi connectivity index (χ1v) is 8.30. The SMILES string of the molecule is CC(=O)N(CCNC(=O)c1ccc(F)cc1)c1ccc(C(C)C)cc1. The summed E-state index contributed by atoms with van der Waals surface area (Å²) in [6, 6.07) is 13.2. The zero-order chi connectivity index (χ0) is 18.4. The largest absolute Gasteiger partial charge is 0.350 e. The zero-order valence-electron chi connectivity index (χ0n) is 14.8. The van der Waals surface area contributed by atoms with Crippen molar-refractivity contribution in [2.45, 2.75) is 26.7 Å². The van der Waals surface area contributed by atoms with Gasteiger partial charge in [0.1, 0.15) is 5.82 Å². The molecular formula is C20H23FN2O2. The molecule has 0 aliphatic carbocycles. The average Bonchev–Trinajstić information content (AvgIpc) is 2.59. The number of anilines is 1. The summed E-state index contributed by atoms with van der Waals surface area (Å²) < 4.78 is 12.9. The van der Waals surface area contributed by atoms with Crippen molar-refractivity contribution in [1.29, 1.82) is 0 Å². The molecule has 0 radical (unpaired) electrons. The number of amides is 2. The summed E-state index contributed by atoms with van der Waals surface area (Å²) in [5, 5.41) is 2.75. The van der Waals surface area contributed by atoms with Crippen molar-refractivity contribution in [3.05, 3.63) is 65.5 Å². The highest BCUT2D eigenvalue weighted by molar-refractivity contribution is 5.94. The van der Waals surface area contributed by atoms with Crippen LogP contribution in [-0.2, 0) is 4.79 Å². The second-order valence-corrected chi connectivity index (χ2v) is 6.18. The fraction of sp³-hybridized carbons (Fsp3) is 0.300. The summed E-state index contributed by atoms with van der Waals surface area (Å²) in [5.74, 6) is -0.342. The minimum absolute atomic E-state index is 0.0895. The summed E-state index contributed by atoms with van der Waals surface area (Å²) >= 11 is 0. The highest BCUT2D eigenvalue weighted by atomic mass is 19.1. The maximum absolute atomic E-state index is 12.9. The topological polar surface area (TPSA) is 49.4 Å². The van der Waals surface area contributed by atoms with Crippen LogP contribution in [0.3, 0.4) is 0 Å². The highest BCUT2D eigenvalue weighted by Gasteiger charge is 2.13. The molecule has 5 heteroatoms. The van der Waals surface area contributed by atoms with Crippen LogP contribution in [0.25, 0.3) is 0 Å². The van der Waals surface area contributed by atoms with E-state index in [0.29, 0.717) is 24.6 Å². The lowest BCUT2D eigenvalue weighted by Gasteiger charge is -2.22. The van der Waals surface area contributed by atoms with Crippen LogP contribution in [0.4, 0.5) is 10.1 Å². The maximum atomic E-state index is 12.9. The van der Waals surface area contributed by atoms with E-state index in [1.807, 2.05) is 24.3 Å². The lowest BCUT2D eigenvalue weighted by Crippen LogP contribution is -2.37. The van der Waals surface area contributed by atoms with Crippen LogP contribution in [-0.4, -0.2) is 24.9 Å². The van der Waals surface area contributed by atoms with Crippen LogP contribution in [0.2, 0.25) is 0 Å². The first kappa shape index (κ1) is 18.6. The van der Waals surface area contributed by atoms with Gasteiger partial charge in [-0.05, 0) is 47.9 Å². The number of hydrogen-bond donors (Lipinski definition) is 1. The molecule has 0 bridgehead atoms. The van der Waals surface area contributed by atoms with Crippen molar-refractivity contribution >= 4 is 17.5 Å². The van der Waals surface area contributed by atoms with E-state index in [1.165, 1.54) is 36.8 Å². The summed E-state index contributed by atoms with van der Waals surface area (Å²) in [4.78, 5) is 25.6. The molecule has 0 unspecified atom stereocenters. The number of carbonyl (C=O) groups excluding carboxylic acids is 2. The maximum Gasteiger partial charge on any atom is 0.251 e. The van der Waals surface area contributed by atoms with Crippen LogP contribution in [0.5, 0.6) is 0 Å². The third-order valence-electron chi connectivity index (χ3n) is 3.98. The summed E-state index contributed by atoms with van der Waals surface area (Å²) in [5.41, 5.74) is 2.39. The monoisotopic (exact) mass is 342 g/mol. The molecule has 2 rings (SSSR count). The van der Waals surface area contributed by atoms with Crippen molar-refractivity contribution < 1.29 is 14.0 Å². The number of nitrogens with zero attached hydrogens (tertiary/aromatic N) is 1. The lowest BCUT2D eigenvalue weighted by molar-refractivity contribution is -0.116.